The summed E-state index contributed by atoms with van der Waals surface area (Å²) in [6.07, 6.45) is -0.290. The van der Waals surface area contributed by atoms with Crippen LogP contribution in [0.2, 0.25) is 0 Å². The van der Waals surface area contributed by atoms with Crippen molar-refractivity contribution in [3.63, 3.8) is 0 Å². The Bertz CT molecular complexity index is 1490. The van der Waals surface area contributed by atoms with Gasteiger partial charge < -0.3 is 9.84 Å². The Morgan fingerprint density at radius 1 is 0.846 bits per heavy atom. The summed E-state index contributed by atoms with van der Waals surface area (Å²) in [6, 6.07) is 37.4. The molecule has 0 amide bonds. The lowest BCUT2D eigenvalue weighted by atomic mass is 10.3. The van der Waals surface area contributed by atoms with Crippen LogP contribution in [-0.4, -0.2) is 34.2 Å². The second-order valence-corrected chi connectivity index (χ2v) is 12.3. The van der Waals surface area contributed by atoms with Crippen LogP contribution in [0.4, 0.5) is 5.95 Å². The van der Waals surface area contributed by atoms with E-state index in [2.05, 4.69) is 46.5 Å². The molecule has 0 radical (unpaired) electrons. The van der Waals surface area contributed by atoms with Crippen molar-refractivity contribution in [3.8, 4) is 0 Å². The average molecular weight is 537 g/mol. The van der Waals surface area contributed by atoms with E-state index in [1.807, 2.05) is 78.9 Å². The van der Waals surface area contributed by atoms with Gasteiger partial charge in [0.05, 0.1) is 23.2 Å². The second kappa shape index (κ2) is 11.5. The smallest absolute Gasteiger partial charge is 0.327 e. The molecule has 1 heterocycles. The maximum atomic E-state index is 13.5. The molecule has 0 aliphatic rings. The molecule has 0 bridgehead atoms. The summed E-state index contributed by atoms with van der Waals surface area (Å²) < 4.78 is 6.62. The molecule has 7 nitrogen and oxygen atoms in total. The number of para-hydroxylation sites is 2. The lowest BCUT2D eigenvalue weighted by Crippen LogP contribution is -2.38. The van der Waals surface area contributed by atoms with E-state index < -0.39 is 19.4 Å². The molecule has 0 fully saturated rings. The lowest BCUT2D eigenvalue weighted by molar-refractivity contribution is -0.221. The molecule has 0 atom stereocenters. The van der Waals surface area contributed by atoms with Crippen molar-refractivity contribution in [2.24, 2.45) is 4.99 Å². The number of nitrogens with zero attached hydrogens (tertiary/aromatic N) is 3. The topological polar surface area (TPSA) is 91.6 Å². The van der Waals surface area contributed by atoms with E-state index in [0.717, 1.165) is 15.9 Å². The predicted octanol–water partition coefficient (Wildman–Crippen LogP) is 3.87. The van der Waals surface area contributed by atoms with E-state index in [-0.39, 0.29) is 12.6 Å². The first-order valence-electron chi connectivity index (χ1n) is 12.7. The van der Waals surface area contributed by atoms with Crippen LogP contribution in [0, 0.1) is 0 Å². The molecule has 4 aromatic carbocycles. The molecule has 0 unspecified atom stereocenters. The molecule has 0 aliphatic carbocycles. The summed E-state index contributed by atoms with van der Waals surface area (Å²) >= 11 is 0. The minimum Gasteiger partial charge on any atom is -0.846 e. The number of rotatable bonds is 8. The summed E-state index contributed by atoms with van der Waals surface area (Å²) in [5.41, 5.74) is 1.24. The standard InChI is InChI=1S/C31H29N4O3P/c1-23(2)38-29(36)22-32-31(37)35-28-21-13-12-20-27(28)33-30(35)34-39(24-14-6-3-7-15-24,25-16-8-4-9-17-25)26-18-10-5-11-19-26/h3-21,23H,22H2,1-2H3,(H-,32,33,34,37). The van der Waals surface area contributed by atoms with E-state index in [1.54, 1.807) is 13.8 Å². The number of hydrogen-bond acceptors (Lipinski definition) is 6. The number of imidazole rings is 1. The van der Waals surface area contributed by atoms with Gasteiger partial charge in [-0.25, -0.2) is 10.1 Å². The van der Waals surface area contributed by atoms with E-state index in [4.69, 9.17) is 9.72 Å². The molecule has 5 aromatic rings. The highest BCUT2D eigenvalue weighted by molar-refractivity contribution is 7.96. The fourth-order valence-electron chi connectivity index (χ4n) is 4.54. The number of nitrogens with one attached hydrogen (secondary N) is 1. The molecular formula is C31H29N4O3P. The number of aliphatic imine (C=N–C) groups is 1. The summed E-state index contributed by atoms with van der Waals surface area (Å²) in [4.78, 5) is 21.1. The fourth-order valence-corrected chi connectivity index (χ4v) is 8.13. The zero-order chi connectivity index (χ0) is 27.2. The molecule has 5 rings (SSSR count). The van der Waals surface area contributed by atoms with Crippen molar-refractivity contribution in [2.75, 3.05) is 11.6 Å². The van der Waals surface area contributed by atoms with Gasteiger partial charge in [-0.2, -0.15) is 0 Å². The number of benzene rings is 4. The van der Waals surface area contributed by atoms with Crippen molar-refractivity contribution in [1.29, 1.82) is 0 Å². The van der Waals surface area contributed by atoms with Gasteiger partial charge in [0.15, 0.2) is 0 Å². The molecule has 1 aromatic heterocycles. The maximum absolute atomic E-state index is 13.5. The van der Waals surface area contributed by atoms with Crippen LogP contribution in [0.1, 0.15) is 13.8 Å². The van der Waals surface area contributed by atoms with Crippen molar-refractivity contribution < 1.29 is 14.6 Å². The van der Waals surface area contributed by atoms with Gasteiger partial charge in [0.2, 0.25) is 13.4 Å². The van der Waals surface area contributed by atoms with Crippen molar-refractivity contribution in [2.45, 2.75) is 20.0 Å². The summed E-state index contributed by atoms with van der Waals surface area (Å²) in [6.45, 7) is 3.13. The van der Waals surface area contributed by atoms with Crippen LogP contribution in [-0.2, 0) is 9.53 Å². The fraction of sp³-hybridized carbons (Fsp3) is 0.129. The zero-order valence-corrected chi connectivity index (χ0v) is 22.7. The number of esters is 1. The van der Waals surface area contributed by atoms with Gasteiger partial charge in [-0.05, 0) is 62.4 Å². The normalized spacial score (nSPS) is 12.0. The van der Waals surface area contributed by atoms with Crippen LogP contribution < -0.4 is 26.1 Å². The Labute approximate surface area is 228 Å². The van der Waals surface area contributed by atoms with Gasteiger partial charge in [0.1, 0.15) is 22.5 Å². The zero-order valence-electron chi connectivity index (χ0n) is 21.8. The van der Waals surface area contributed by atoms with Gasteiger partial charge in [0, 0.05) is 0 Å². The number of aromatic nitrogens is 2. The van der Waals surface area contributed by atoms with E-state index >= 15 is 0 Å². The minimum absolute atomic E-state index is 0.290. The van der Waals surface area contributed by atoms with Gasteiger partial charge in [0.25, 0.3) is 0 Å². The average Bonchev–Trinajstić information content (AvgIpc) is 3.33. The van der Waals surface area contributed by atoms with Crippen LogP contribution in [0.3, 0.4) is 0 Å². The second-order valence-electron chi connectivity index (χ2n) is 9.19. The highest BCUT2D eigenvalue weighted by Gasteiger charge is 2.47. The van der Waals surface area contributed by atoms with Crippen molar-refractivity contribution >= 4 is 52.3 Å². The van der Waals surface area contributed by atoms with Crippen LogP contribution in [0.5, 0.6) is 0 Å². The third-order valence-corrected chi connectivity index (χ3v) is 9.91. The largest absolute Gasteiger partial charge is 0.846 e. The van der Waals surface area contributed by atoms with E-state index in [1.165, 1.54) is 4.57 Å². The highest BCUT2D eigenvalue weighted by atomic mass is 31.2. The summed E-state index contributed by atoms with van der Waals surface area (Å²) in [7, 11) is -2.57. The molecule has 0 aliphatic heterocycles. The minimum atomic E-state index is -2.57. The molecular weight excluding hydrogens is 507 g/mol. The third kappa shape index (κ3) is 5.40. The molecule has 39 heavy (non-hydrogen) atoms. The van der Waals surface area contributed by atoms with E-state index in [9.17, 15) is 9.90 Å². The first-order valence-corrected chi connectivity index (χ1v) is 14.5. The Kier molecular flexibility index (Phi) is 7.71. The maximum Gasteiger partial charge on any atom is 0.327 e. The Morgan fingerprint density at radius 3 is 1.85 bits per heavy atom. The van der Waals surface area contributed by atoms with Gasteiger partial charge in [-0.3, -0.25) is 14.4 Å². The lowest BCUT2D eigenvalue weighted by Gasteiger charge is -2.28. The summed E-state index contributed by atoms with van der Waals surface area (Å²) in [5, 5.41) is 20.5. The first-order chi connectivity index (χ1) is 19.0. The van der Waals surface area contributed by atoms with Crippen LogP contribution in [0.15, 0.2) is 120 Å². The Morgan fingerprint density at radius 2 is 1.33 bits per heavy atom. The highest BCUT2D eigenvalue weighted by Crippen LogP contribution is 2.54. The number of carbonyl (C=O) groups is 1. The Balaban J connectivity index is 1.72. The van der Waals surface area contributed by atoms with Gasteiger partial charge in [-0.1, -0.05) is 66.7 Å². The summed E-state index contributed by atoms with van der Waals surface area (Å²) in [5.74, 6) is -0.205. The SMILES string of the molecule is CC(C)OC(=O)CN=C([O-])n1c(N[P+](c2ccccc2)(c2ccccc2)c2ccccc2)nc2ccccc21. The molecule has 1 N–H and O–H groups in total. The van der Waals surface area contributed by atoms with E-state index in [0.29, 0.717) is 17.0 Å². The van der Waals surface area contributed by atoms with Crippen LogP contribution >= 0.6 is 7.41 Å². The number of fused-ring (bicyclic) bond motifs is 1. The molecule has 0 saturated heterocycles. The Hall–Kier alpha value is -4.48. The molecule has 8 heteroatoms. The molecule has 0 saturated carbocycles. The first kappa shape index (κ1) is 26.1. The molecule has 196 valence electrons. The number of hydrogen-bond donors (Lipinski definition) is 1. The molecule has 0 spiro atoms. The number of anilines is 1. The number of carbonyl (C=O) groups excluding carboxylic acids is 1. The number of ether oxygens (including phenoxy) is 1. The van der Waals surface area contributed by atoms with Crippen molar-refractivity contribution in [3.05, 3.63) is 115 Å². The van der Waals surface area contributed by atoms with Gasteiger partial charge in [-0.15, -0.1) is 0 Å². The predicted molar refractivity (Wildman–Crippen MR) is 157 cm³/mol. The van der Waals surface area contributed by atoms with Gasteiger partial charge >= 0.3 is 5.97 Å². The monoisotopic (exact) mass is 536 g/mol. The van der Waals surface area contributed by atoms with Crippen LogP contribution in [0.25, 0.3) is 11.0 Å². The third-order valence-electron chi connectivity index (χ3n) is 6.16. The van der Waals surface area contributed by atoms with Crippen molar-refractivity contribution in [1.82, 2.24) is 9.55 Å². The quantitative estimate of drug-likeness (QED) is 0.141.